The summed E-state index contributed by atoms with van der Waals surface area (Å²) in [6.07, 6.45) is 0.180. The smallest absolute Gasteiger partial charge is 0.325 e. The summed E-state index contributed by atoms with van der Waals surface area (Å²) in [6, 6.07) is 11.3. The Balaban J connectivity index is 2.07. The second-order valence-electron chi connectivity index (χ2n) is 6.39. The van der Waals surface area contributed by atoms with Crippen LogP contribution < -0.4 is 14.3 Å². The minimum absolute atomic E-state index is 0.0668. The summed E-state index contributed by atoms with van der Waals surface area (Å²) in [5.41, 5.74) is 2.72. The first kappa shape index (κ1) is 20.6. The van der Waals surface area contributed by atoms with Crippen molar-refractivity contribution in [1.29, 1.82) is 0 Å². The van der Waals surface area contributed by atoms with Gasteiger partial charge in [-0.1, -0.05) is 41.2 Å². The van der Waals surface area contributed by atoms with Gasteiger partial charge in [0.25, 0.3) is 5.91 Å². The number of rotatable bonds is 6. The summed E-state index contributed by atoms with van der Waals surface area (Å²) in [5, 5.41) is 0. The first-order chi connectivity index (χ1) is 13.9. The van der Waals surface area contributed by atoms with Crippen molar-refractivity contribution in [2.24, 2.45) is 4.99 Å². The highest BCUT2D eigenvalue weighted by atomic mass is 32.1. The zero-order valence-electron chi connectivity index (χ0n) is 16.7. The van der Waals surface area contributed by atoms with Crippen molar-refractivity contribution in [3.05, 3.63) is 52.3 Å². The van der Waals surface area contributed by atoms with Crippen LogP contribution in [-0.2, 0) is 27.3 Å². The highest BCUT2D eigenvalue weighted by Gasteiger charge is 2.15. The van der Waals surface area contributed by atoms with Crippen LogP contribution >= 0.6 is 11.3 Å². The summed E-state index contributed by atoms with van der Waals surface area (Å²) < 4.78 is 18.0. The van der Waals surface area contributed by atoms with Gasteiger partial charge >= 0.3 is 5.97 Å². The molecule has 0 saturated heterocycles. The fourth-order valence-electron chi connectivity index (χ4n) is 2.86. The number of aryl methyl sites for hydroxylation is 1. The van der Waals surface area contributed by atoms with Crippen molar-refractivity contribution in [1.82, 2.24) is 4.57 Å². The molecular formula is C21H22N2O5S. The molecule has 3 rings (SSSR count). The third kappa shape index (κ3) is 4.65. The van der Waals surface area contributed by atoms with E-state index >= 15 is 0 Å². The van der Waals surface area contributed by atoms with E-state index in [4.69, 9.17) is 14.2 Å². The molecule has 7 nitrogen and oxygen atoms in total. The summed E-state index contributed by atoms with van der Waals surface area (Å²) >= 11 is 1.30. The molecule has 0 unspecified atom stereocenters. The fourth-order valence-corrected chi connectivity index (χ4v) is 3.91. The SMILES string of the molecule is COC(=O)Cn1c(=NC(=O)Cc2ccc(C)cc2)sc2cc(OC)c(OC)cc21. The van der Waals surface area contributed by atoms with Gasteiger partial charge in [-0.2, -0.15) is 4.99 Å². The van der Waals surface area contributed by atoms with Gasteiger partial charge in [0.15, 0.2) is 16.3 Å². The zero-order chi connectivity index (χ0) is 21.0. The summed E-state index contributed by atoms with van der Waals surface area (Å²) in [5.74, 6) is 0.350. The Bertz CT molecular complexity index is 1110. The Morgan fingerprint density at radius 1 is 1.03 bits per heavy atom. The van der Waals surface area contributed by atoms with Crippen LogP contribution in [0.3, 0.4) is 0 Å². The lowest BCUT2D eigenvalue weighted by Gasteiger charge is -2.09. The number of fused-ring (bicyclic) bond motifs is 1. The molecule has 0 aliphatic rings. The van der Waals surface area contributed by atoms with Crippen molar-refractivity contribution in [3.8, 4) is 11.5 Å². The van der Waals surface area contributed by atoms with Gasteiger partial charge in [0.2, 0.25) is 0 Å². The Morgan fingerprint density at radius 3 is 2.31 bits per heavy atom. The maximum absolute atomic E-state index is 12.6. The number of hydrogen-bond acceptors (Lipinski definition) is 6. The third-order valence-corrected chi connectivity index (χ3v) is 5.44. The fraction of sp³-hybridized carbons (Fsp3) is 0.286. The molecule has 0 radical (unpaired) electrons. The van der Waals surface area contributed by atoms with E-state index in [1.807, 2.05) is 31.2 Å². The zero-order valence-corrected chi connectivity index (χ0v) is 17.5. The molecule has 3 aromatic rings. The number of ether oxygens (including phenoxy) is 3. The normalized spacial score (nSPS) is 11.5. The molecule has 2 aromatic carbocycles. The molecule has 0 bridgehead atoms. The van der Waals surface area contributed by atoms with Gasteiger partial charge in [-0.25, -0.2) is 0 Å². The first-order valence-corrected chi connectivity index (χ1v) is 9.72. The van der Waals surface area contributed by atoms with Crippen LogP contribution in [0.25, 0.3) is 10.2 Å². The predicted molar refractivity (Wildman–Crippen MR) is 110 cm³/mol. The van der Waals surface area contributed by atoms with Crippen LogP contribution in [-0.4, -0.2) is 37.8 Å². The van der Waals surface area contributed by atoms with Gasteiger partial charge in [-0.15, -0.1) is 0 Å². The van der Waals surface area contributed by atoms with E-state index in [1.165, 1.54) is 25.6 Å². The molecule has 1 amide bonds. The molecule has 0 atom stereocenters. The molecule has 0 aliphatic carbocycles. The second-order valence-corrected chi connectivity index (χ2v) is 7.40. The van der Waals surface area contributed by atoms with E-state index in [-0.39, 0.29) is 18.9 Å². The van der Waals surface area contributed by atoms with Gasteiger partial charge in [0, 0.05) is 12.1 Å². The number of methoxy groups -OCH3 is 3. The predicted octanol–water partition coefficient (Wildman–Crippen LogP) is 2.87. The van der Waals surface area contributed by atoms with E-state index in [0.29, 0.717) is 21.8 Å². The number of amides is 1. The largest absolute Gasteiger partial charge is 0.493 e. The third-order valence-electron chi connectivity index (χ3n) is 4.40. The summed E-state index contributed by atoms with van der Waals surface area (Å²) in [4.78, 5) is 29.2. The Morgan fingerprint density at radius 2 is 1.69 bits per heavy atom. The number of hydrogen-bond donors (Lipinski definition) is 0. The monoisotopic (exact) mass is 414 g/mol. The maximum Gasteiger partial charge on any atom is 0.325 e. The molecule has 0 spiro atoms. The molecule has 1 heterocycles. The first-order valence-electron chi connectivity index (χ1n) is 8.90. The number of thiazole rings is 1. The Kier molecular flexibility index (Phi) is 6.33. The van der Waals surface area contributed by atoms with Gasteiger partial charge in [-0.05, 0) is 12.5 Å². The van der Waals surface area contributed by atoms with Crippen LogP contribution in [0, 0.1) is 6.92 Å². The number of nitrogens with zero attached hydrogens (tertiary/aromatic N) is 2. The lowest BCUT2D eigenvalue weighted by molar-refractivity contribution is -0.141. The Hall–Kier alpha value is -3.13. The maximum atomic E-state index is 12.6. The van der Waals surface area contributed by atoms with Crippen molar-refractivity contribution in [2.45, 2.75) is 19.9 Å². The number of carbonyl (C=O) groups is 2. The van der Waals surface area contributed by atoms with Crippen LogP contribution in [0.1, 0.15) is 11.1 Å². The number of benzene rings is 2. The van der Waals surface area contributed by atoms with Crippen molar-refractivity contribution in [3.63, 3.8) is 0 Å². The molecule has 8 heteroatoms. The van der Waals surface area contributed by atoms with Crippen LogP contribution in [0.5, 0.6) is 11.5 Å². The molecule has 0 saturated carbocycles. The van der Waals surface area contributed by atoms with Crippen LogP contribution in [0.4, 0.5) is 0 Å². The molecule has 0 aliphatic heterocycles. The average molecular weight is 414 g/mol. The Labute approximate surface area is 172 Å². The van der Waals surface area contributed by atoms with E-state index in [2.05, 4.69) is 4.99 Å². The summed E-state index contributed by atoms with van der Waals surface area (Å²) in [6.45, 7) is 1.92. The van der Waals surface area contributed by atoms with Gasteiger partial charge in [0.05, 0.1) is 38.0 Å². The van der Waals surface area contributed by atoms with Gasteiger partial charge < -0.3 is 18.8 Å². The summed E-state index contributed by atoms with van der Waals surface area (Å²) in [7, 11) is 4.41. The van der Waals surface area contributed by atoms with E-state index in [0.717, 1.165) is 15.8 Å². The lowest BCUT2D eigenvalue weighted by Crippen LogP contribution is -2.22. The number of carbonyl (C=O) groups excluding carboxylic acids is 2. The minimum atomic E-state index is -0.438. The van der Waals surface area contributed by atoms with E-state index < -0.39 is 5.97 Å². The highest BCUT2D eigenvalue weighted by Crippen LogP contribution is 2.33. The molecule has 0 N–H and O–H groups in total. The van der Waals surface area contributed by atoms with Crippen molar-refractivity contribution >= 4 is 33.4 Å². The minimum Gasteiger partial charge on any atom is -0.493 e. The molecule has 0 fully saturated rings. The van der Waals surface area contributed by atoms with Gasteiger partial charge in [-0.3, -0.25) is 9.59 Å². The molecule has 29 heavy (non-hydrogen) atoms. The lowest BCUT2D eigenvalue weighted by atomic mass is 10.1. The van der Waals surface area contributed by atoms with Crippen molar-refractivity contribution in [2.75, 3.05) is 21.3 Å². The van der Waals surface area contributed by atoms with Crippen LogP contribution in [0.2, 0.25) is 0 Å². The number of esters is 1. The van der Waals surface area contributed by atoms with Crippen LogP contribution in [0.15, 0.2) is 41.4 Å². The number of aromatic nitrogens is 1. The average Bonchev–Trinajstić information content (AvgIpc) is 3.04. The van der Waals surface area contributed by atoms with Crippen molar-refractivity contribution < 1.29 is 23.8 Å². The topological polar surface area (TPSA) is 79.1 Å². The van der Waals surface area contributed by atoms with E-state index in [1.54, 1.807) is 23.8 Å². The molecular weight excluding hydrogens is 392 g/mol. The standard InChI is InChI=1S/C21H22N2O5S/c1-13-5-7-14(8-6-13)9-19(24)22-21-23(12-20(25)28-4)15-10-16(26-2)17(27-3)11-18(15)29-21/h5-8,10-11H,9,12H2,1-4H3. The molecule has 152 valence electrons. The highest BCUT2D eigenvalue weighted by molar-refractivity contribution is 7.16. The van der Waals surface area contributed by atoms with Gasteiger partial charge in [0.1, 0.15) is 6.54 Å². The van der Waals surface area contributed by atoms with E-state index in [9.17, 15) is 9.59 Å². The second kappa shape index (κ2) is 8.91. The molecule has 1 aromatic heterocycles. The quantitative estimate of drug-likeness (QED) is 0.580.